The predicted molar refractivity (Wildman–Crippen MR) is 168 cm³/mol. The van der Waals surface area contributed by atoms with Gasteiger partial charge in [0.05, 0.1) is 37.6 Å². The van der Waals surface area contributed by atoms with Crippen LogP contribution in [0.1, 0.15) is 51.9 Å². The third-order valence-electron chi connectivity index (χ3n) is 8.46. The van der Waals surface area contributed by atoms with Gasteiger partial charge in [-0.1, -0.05) is 67.6 Å². The minimum Gasteiger partial charge on any atom is -0.392 e. The zero-order valence-electron chi connectivity index (χ0n) is 25.0. The lowest BCUT2D eigenvalue weighted by Gasteiger charge is -2.43. The van der Waals surface area contributed by atoms with Gasteiger partial charge in [-0.05, 0) is 52.1 Å². The highest BCUT2D eigenvalue weighted by atomic mass is 16.7. The van der Waals surface area contributed by atoms with Gasteiger partial charge < -0.3 is 24.6 Å². The van der Waals surface area contributed by atoms with Crippen LogP contribution in [0.25, 0.3) is 11.1 Å². The number of aromatic nitrogens is 1. The fraction of sp³-hybridized carbons (Fsp3) is 0.333. The molecule has 2 fully saturated rings. The van der Waals surface area contributed by atoms with E-state index in [1.165, 1.54) is 0 Å². The Labute approximate surface area is 258 Å². The number of rotatable bonds is 9. The van der Waals surface area contributed by atoms with Crippen molar-refractivity contribution in [1.82, 2.24) is 15.2 Å². The van der Waals surface area contributed by atoms with Crippen molar-refractivity contribution in [2.24, 2.45) is 5.92 Å². The van der Waals surface area contributed by atoms with E-state index in [-0.39, 0.29) is 30.6 Å². The van der Waals surface area contributed by atoms with Gasteiger partial charge in [0.15, 0.2) is 6.29 Å². The maximum atomic E-state index is 12.5. The van der Waals surface area contributed by atoms with Gasteiger partial charge in [-0.3, -0.25) is 14.7 Å². The molecule has 2 aliphatic heterocycles. The summed E-state index contributed by atoms with van der Waals surface area (Å²) in [6, 6.07) is 28.0. The van der Waals surface area contributed by atoms with Crippen LogP contribution in [0.4, 0.5) is 0 Å². The highest BCUT2D eigenvalue weighted by molar-refractivity contribution is 5.93. The molecule has 6 rings (SSSR count). The molecule has 8 nitrogen and oxygen atoms in total. The molecule has 8 heteroatoms. The van der Waals surface area contributed by atoms with Gasteiger partial charge in [0.1, 0.15) is 0 Å². The summed E-state index contributed by atoms with van der Waals surface area (Å²) in [5.41, 5.74) is 6.53. The molecule has 2 N–H and O–H groups in total. The Morgan fingerprint density at radius 2 is 1.68 bits per heavy atom. The lowest BCUT2D eigenvalue weighted by molar-refractivity contribution is -0.277. The van der Waals surface area contributed by atoms with Gasteiger partial charge in [-0.15, -0.1) is 0 Å². The number of nitrogens with zero attached hydrogens (tertiary/aromatic N) is 2. The average molecular weight is 594 g/mol. The van der Waals surface area contributed by atoms with Crippen LogP contribution in [0.2, 0.25) is 0 Å². The van der Waals surface area contributed by atoms with Crippen LogP contribution in [-0.2, 0) is 27.4 Å². The fourth-order valence-corrected chi connectivity index (χ4v) is 5.87. The van der Waals surface area contributed by atoms with Gasteiger partial charge in [0.25, 0.3) is 5.91 Å². The van der Waals surface area contributed by atoms with Crippen LogP contribution in [0.5, 0.6) is 0 Å². The Hall–Kier alpha value is -3.92. The van der Waals surface area contributed by atoms with Gasteiger partial charge in [-0.2, -0.15) is 0 Å². The molecule has 4 aromatic rings. The Kier molecular flexibility index (Phi) is 9.75. The van der Waals surface area contributed by atoms with Crippen molar-refractivity contribution >= 4 is 5.91 Å². The van der Waals surface area contributed by atoms with E-state index in [0.717, 1.165) is 66.2 Å². The second-order valence-corrected chi connectivity index (χ2v) is 11.5. The number of hydrogen-bond donors (Lipinski definition) is 2. The van der Waals surface area contributed by atoms with Crippen LogP contribution in [0, 0.1) is 5.92 Å². The molecule has 0 aliphatic carbocycles. The molecule has 0 spiro atoms. The topological polar surface area (TPSA) is 93.2 Å². The molecule has 2 saturated heterocycles. The van der Waals surface area contributed by atoms with Crippen molar-refractivity contribution in [1.29, 1.82) is 0 Å². The maximum absolute atomic E-state index is 12.5. The Balaban J connectivity index is 1.22. The Bertz CT molecular complexity index is 1520. The van der Waals surface area contributed by atoms with E-state index in [4.69, 9.17) is 14.2 Å². The number of aliphatic hydroxyl groups is 1. The van der Waals surface area contributed by atoms with E-state index >= 15 is 0 Å². The summed E-state index contributed by atoms with van der Waals surface area (Å²) in [4.78, 5) is 19.0. The molecule has 4 atom stereocenters. The summed E-state index contributed by atoms with van der Waals surface area (Å²) in [6.07, 6.45) is 2.47. The summed E-state index contributed by atoms with van der Waals surface area (Å²) in [5, 5.41) is 12.5. The lowest BCUT2D eigenvalue weighted by Crippen LogP contribution is -2.47. The van der Waals surface area contributed by atoms with Crippen LogP contribution in [-0.4, -0.2) is 59.8 Å². The van der Waals surface area contributed by atoms with E-state index < -0.39 is 6.29 Å². The fourth-order valence-electron chi connectivity index (χ4n) is 5.87. The molecule has 2 aliphatic rings. The predicted octanol–water partition coefficient (Wildman–Crippen LogP) is 5.29. The first-order valence-corrected chi connectivity index (χ1v) is 15.3. The molecule has 1 aromatic heterocycles. The van der Waals surface area contributed by atoms with Crippen LogP contribution >= 0.6 is 0 Å². The quantitative estimate of drug-likeness (QED) is 0.272. The minimum atomic E-state index is -0.540. The summed E-state index contributed by atoms with van der Waals surface area (Å²) in [6.45, 7) is 6.68. The van der Waals surface area contributed by atoms with E-state index in [9.17, 15) is 9.90 Å². The van der Waals surface area contributed by atoms with Crippen molar-refractivity contribution in [3.63, 3.8) is 0 Å². The molecule has 44 heavy (non-hydrogen) atoms. The number of ether oxygens (including phenoxy) is 3. The number of morpholine rings is 1. The first-order chi connectivity index (χ1) is 21.6. The van der Waals surface area contributed by atoms with Gasteiger partial charge >= 0.3 is 0 Å². The molecule has 1 amide bonds. The third kappa shape index (κ3) is 7.23. The maximum Gasteiger partial charge on any atom is 0.253 e. The number of carbonyl (C=O) groups is 1. The zero-order valence-corrected chi connectivity index (χ0v) is 25.0. The Morgan fingerprint density at radius 3 is 2.43 bits per heavy atom. The molecule has 3 aromatic carbocycles. The summed E-state index contributed by atoms with van der Waals surface area (Å²) < 4.78 is 19.0. The van der Waals surface area contributed by atoms with E-state index in [1.54, 1.807) is 24.5 Å². The molecule has 4 unspecified atom stereocenters. The average Bonchev–Trinajstić information content (AvgIpc) is 3.09. The number of amides is 1. The molecule has 3 heterocycles. The highest BCUT2D eigenvalue weighted by Crippen LogP contribution is 2.42. The molecule has 228 valence electrons. The highest BCUT2D eigenvalue weighted by Gasteiger charge is 2.39. The number of nitrogens with one attached hydrogen (secondary N) is 1. The monoisotopic (exact) mass is 593 g/mol. The van der Waals surface area contributed by atoms with E-state index in [1.807, 2.05) is 30.3 Å². The molecular weight excluding hydrogens is 554 g/mol. The summed E-state index contributed by atoms with van der Waals surface area (Å²) in [5.74, 6) is -0.0330. The van der Waals surface area contributed by atoms with Gasteiger partial charge in [0.2, 0.25) is 0 Å². The van der Waals surface area contributed by atoms with Crippen molar-refractivity contribution in [3.8, 4) is 11.1 Å². The van der Waals surface area contributed by atoms with Gasteiger partial charge in [0, 0.05) is 50.1 Å². The van der Waals surface area contributed by atoms with Crippen LogP contribution < -0.4 is 5.32 Å². The van der Waals surface area contributed by atoms with Crippen LogP contribution in [0.3, 0.4) is 0 Å². The normalized spacial score (nSPS) is 22.4. The first-order valence-electron chi connectivity index (χ1n) is 15.3. The largest absolute Gasteiger partial charge is 0.392 e. The van der Waals surface area contributed by atoms with Crippen molar-refractivity contribution in [2.45, 2.75) is 38.6 Å². The lowest BCUT2D eigenvalue weighted by atomic mass is 9.89. The second kappa shape index (κ2) is 14.2. The number of benzene rings is 3. The zero-order chi connectivity index (χ0) is 30.3. The van der Waals surface area contributed by atoms with Crippen molar-refractivity contribution in [2.75, 3.05) is 32.8 Å². The first kappa shape index (κ1) is 30.1. The number of carbonyl (C=O) groups excluding carboxylic acids is 1. The molecular formula is C36H39N3O5. The number of aliphatic hydroxyl groups excluding tert-OH is 1. The molecule has 0 saturated carbocycles. The second-order valence-electron chi connectivity index (χ2n) is 11.5. The SMILES string of the molecule is CC1C(CN2CCOCC2)OC(c2cccc(-c3cccc(CNC(=O)c4cccnc4)c3)c2)OC1c1ccc(CO)cc1. The standard InChI is InChI=1S/C36H39N3O5/c1-25-33(23-39-15-17-42-18-16-39)43-36(44-34(25)28-12-10-26(24-40)11-13-28)31-8-3-7-30(20-31)29-6-2-5-27(19-29)21-38-35(41)32-9-4-14-37-22-32/h2-14,19-20,22,25,33-34,36,40H,15-18,21,23-24H2,1H3,(H,38,41). The summed E-state index contributed by atoms with van der Waals surface area (Å²) >= 11 is 0. The van der Waals surface area contributed by atoms with Crippen molar-refractivity contribution < 1.29 is 24.1 Å². The number of hydrogen-bond acceptors (Lipinski definition) is 7. The summed E-state index contributed by atoms with van der Waals surface area (Å²) in [7, 11) is 0. The third-order valence-corrected chi connectivity index (χ3v) is 8.46. The van der Waals surface area contributed by atoms with Crippen LogP contribution in [0.15, 0.2) is 97.3 Å². The molecule has 0 bridgehead atoms. The van der Waals surface area contributed by atoms with Gasteiger partial charge in [-0.25, -0.2) is 0 Å². The molecule has 0 radical (unpaired) electrons. The van der Waals surface area contributed by atoms with E-state index in [0.29, 0.717) is 12.1 Å². The van der Waals surface area contributed by atoms with Crippen molar-refractivity contribution in [3.05, 3.63) is 125 Å². The minimum absolute atomic E-state index is 0.0115. The Morgan fingerprint density at radius 1 is 0.909 bits per heavy atom. The number of pyridine rings is 1. The van der Waals surface area contributed by atoms with E-state index in [2.05, 4.69) is 64.6 Å². The smallest absolute Gasteiger partial charge is 0.253 e.